The van der Waals surface area contributed by atoms with Crippen molar-refractivity contribution in [3.05, 3.63) is 82.5 Å². The van der Waals surface area contributed by atoms with Crippen LogP contribution >= 0.6 is 23.3 Å². The number of halogens is 1. The third-order valence-corrected chi connectivity index (χ3v) is 7.39. The molecule has 5 aromatic rings. The number of rotatable bonds is 9. The van der Waals surface area contributed by atoms with Crippen LogP contribution in [0.15, 0.2) is 58.9 Å². The molecule has 0 fully saturated rings. The number of benzene rings is 2. The molecule has 10 heteroatoms. The van der Waals surface area contributed by atoms with Crippen LogP contribution in [0.3, 0.4) is 0 Å². The summed E-state index contributed by atoms with van der Waals surface area (Å²) in [5.74, 6) is 1.91. The second-order valence-electron chi connectivity index (χ2n) is 8.40. The van der Waals surface area contributed by atoms with Crippen molar-refractivity contribution in [1.29, 1.82) is 0 Å². The van der Waals surface area contributed by atoms with Crippen LogP contribution in [0.25, 0.3) is 10.9 Å². The number of nitrogens with one attached hydrogen (secondary N) is 4. The monoisotopic (exact) mass is 549 g/mol. The van der Waals surface area contributed by atoms with Crippen LogP contribution in [0.2, 0.25) is 0 Å². The van der Waals surface area contributed by atoms with E-state index < -0.39 is 0 Å². The molecule has 0 bridgehead atoms. The molecule has 0 saturated heterocycles. The predicted octanol–water partition coefficient (Wildman–Crippen LogP) is 8.02. The Hall–Kier alpha value is -3.63. The van der Waals surface area contributed by atoms with E-state index in [9.17, 15) is 4.39 Å². The summed E-state index contributed by atoms with van der Waals surface area (Å²) in [5, 5.41) is 10.5. The zero-order valence-electron chi connectivity index (χ0n) is 22.1. The third-order valence-electron chi connectivity index (χ3n) is 5.76. The van der Waals surface area contributed by atoms with Gasteiger partial charge in [0.2, 0.25) is 0 Å². The topological polar surface area (TPSA) is 90.5 Å². The molecule has 2 aromatic carbocycles. The molecule has 0 spiro atoms. The number of H-pyrrole nitrogens is 1. The van der Waals surface area contributed by atoms with Crippen molar-refractivity contribution in [3.8, 4) is 0 Å². The van der Waals surface area contributed by atoms with Gasteiger partial charge in [0, 0.05) is 45.9 Å². The summed E-state index contributed by atoms with van der Waals surface area (Å²) in [6.45, 7) is 10.5. The number of aryl methyl sites for hydroxylation is 3. The highest BCUT2D eigenvalue weighted by Gasteiger charge is 2.14. The van der Waals surface area contributed by atoms with E-state index in [2.05, 4.69) is 35.3 Å². The molecule has 0 unspecified atom stereocenters. The fourth-order valence-corrected chi connectivity index (χ4v) is 5.34. The predicted molar refractivity (Wildman–Crippen MR) is 159 cm³/mol. The number of aromatic amines is 1. The number of thiazole rings is 1. The highest BCUT2D eigenvalue weighted by molar-refractivity contribution is 8.00. The van der Waals surface area contributed by atoms with Gasteiger partial charge in [-0.05, 0) is 80.6 Å². The van der Waals surface area contributed by atoms with Gasteiger partial charge in [-0.2, -0.15) is 0 Å². The molecular weight excluding hydrogens is 517 g/mol. The van der Waals surface area contributed by atoms with Gasteiger partial charge in [0.1, 0.15) is 23.3 Å². The van der Waals surface area contributed by atoms with Gasteiger partial charge in [0.05, 0.1) is 5.52 Å². The van der Waals surface area contributed by atoms with Crippen molar-refractivity contribution in [1.82, 2.24) is 19.9 Å². The minimum atomic E-state index is -0.220. The van der Waals surface area contributed by atoms with Crippen LogP contribution in [0.1, 0.15) is 36.5 Å². The Morgan fingerprint density at radius 3 is 2.50 bits per heavy atom. The summed E-state index contributed by atoms with van der Waals surface area (Å²) in [6, 6.07) is 13.3. The van der Waals surface area contributed by atoms with Gasteiger partial charge in [-0.25, -0.2) is 19.3 Å². The van der Waals surface area contributed by atoms with Crippen molar-refractivity contribution in [2.75, 3.05) is 21.9 Å². The summed E-state index contributed by atoms with van der Waals surface area (Å²) in [5.41, 5.74) is 4.70. The fourth-order valence-electron chi connectivity index (χ4n) is 4.12. The van der Waals surface area contributed by atoms with Gasteiger partial charge in [0.15, 0.2) is 5.13 Å². The van der Waals surface area contributed by atoms with E-state index in [1.54, 1.807) is 17.5 Å². The number of aromatic nitrogens is 4. The molecule has 0 aliphatic rings. The van der Waals surface area contributed by atoms with Gasteiger partial charge in [0.25, 0.3) is 0 Å². The number of hydrogen-bond donors (Lipinski definition) is 4. The van der Waals surface area contributed by atoms with E-state index in [0.717, 1.165) is 50.2 Å². The molecule has 3 heterocycles. The Kier molecular flexibility index (Phi) is 9.19. The van der Waals surface area contributed by atoms with Crippen molar-refractivity contribution in [2.45, 2.75) is 45.9 Å². The Morgan fingerprint density at radius 2 is 1.76 bits per heavy atom. The van der Waals surface area contributed by atoms with Crippen LogP contribution in [-0.4, -0.2) is 26.5 Å². The van der Waals surface area contributed by atoms with E-state index in [4.69, 9.17) is 0 Å². The van der Waals surface area contributed by atoms with E-state index >= 15 is 0 Å². The summed E-state index contributed by atoms with van der Waals surface area (Å²) < 4.78 is 17.5. The minimum Gasteiger partial charge on any atom is -0.370 e. The summed E-state index contributed by atoms with van der Waals surface area (Å²) in [4.78, 5) is 17.6. The quantitative estimate of drug-likeness (QED) is 0.138. The maximum absolute atomic E-state index is 14.3. The lowest BCUT2D eigenvalue weighted by Crippen LogP contribution is -2.09. The molecule has 3 aromatic heterocycles. The molecule has 0 saturated carbocycles. The first-order valence-electron chi connectivity index (χ1n) is 12.5. The van der Waals surface area contributed by atoms with Crippen molar-refractivity contribution in [3.63, 3.8) is 0 Å². The summed E-state index contributed by atoms with van der Waals surface area (Å²) in [6.07, 6.45) is 2.52. The second-order valence-corrected chi connectivity index (χ2v) is 10.2. The number of anilines is 4. The molecule has 0 atom stereocenters. The fraction of sp³-hybridized carbons (Fsp3) is 0.250. The van der Waals surface area contributed by atoms with E-state index in [-0.39, 0.29) is 5.82 Å². The Labute approximate surface area is 230 Å². The largest absolute Gasteiger partial charge is 0.370 e. The zero-order chi connectivity index (χ0) is 27.1. The summed E-state index contributed by atoms with van der Waals surface area (Å²) in [7, 11) is 0. The average molecular weight is 550 g/mol. The zero-order valence-corrected chi connectivity index (χ0v) is 23.8. The van der Waals surface area contributed by atoms with Crippen LogP contribution in [0.4, 0.5) is 26.8 Å². The molecule has 38 heavy (non-hydrogen) atoms. The molecule has 0 aliphatic carbocycles. The normalized spacial score (nSPS) is 10.7. The summed E-state index contributed by atoms with van der Waals surface area (Å²) >= 11 is 3.08. The molecule has 0 amide bonds. The third kappa shape index (κ3) is 6.62. The lowest BCUT2D eigenvalue weighted by molar-refractivity contribution is 0.637. The average Bonchev–Trinajstić information content (AvgIpc) is 3.55. The van der Waals surface area contributed by atoms with Gasteiger partial charge < -0.3 is 20.3 Å². The van der Waals surface area contributed by atoms with Crippen LogP contribution in [0.5, 0.6) is 0 Å². The van der Waals surface area contributed by atoms with Crippen molar-refractivity contribution >= 4 is 56.6 Å². The van der Waals surface area contributed by atoms with E-state index in [1.165, 1.54) is 18.0 Å². The number of fused-ring (bicyclic) bond motifs is 1. The maximum Gasteiger partial charge on any atom is 0.192 e. The van der Waals surface area contributed by atoms with Crippen LogP contribution in [0, 0.1) is 26.6 Å². The first-order chi connectivity index (χ1) is 18.5. The van der Waals surface area contributed by atoms with Crippen LogP contribution in [-0.2, 0) is 6.42 Å². The minimum absolute atomic E-state index is 0.220. The molecule has 198 valence electrons. The lowest BCUT2D eigenvalue weighted by Gasteiger charge is -2.11. The van der Waals surface area contributed by atoms with E-state index in [1.807, 2.05) is 76.4 Å². The molecule has 5 rings (SSSR count). The first kappa shape index (κ1) is 27.4. The molecule has 0 radical (unpaired) electrons. The molecule has 7 nitrogen and oxygen atoms in total. The molecular formula is C28H32FN7S2. The number of hydrogen-bond acceptors (Lipinski definition) is 8. The van der Waals surface area contributed by atoms with Gasteiger partial charge in [-0.1, -0.05) is 19.9 Å². The first-order valence-corrected chi connectivity index (χ1v) is 14.2. The van der Waals surface area contributed by atoms with Gasteiger partial charge in [-0.15, -0.1) is 11.3 Å². The van der Waals surface area contributed by atoms with Crippen molar-refractivity contribution in [2.24, 2.45) is 0 Å². The highest BCUT2D eigenvalue weighted by atomic mass is 32.2. The highest BCUT2D eigenvalue weighted by Crippen LogP contribution is 2.28. The lowest BCUT2D eigenvalue weighted by atomic mass is 10.0. The van der Waals surface area contributed by atoms with Crippen molar-refractivity contribution < 1.29 is 4.39 Å². The molecule has 0 aliphatic heterocycles. The SMILES string of the molecule is CC.Cc1nc(NCCc2c(C)[nH]c3c(F)ccc(C)c23)cc(Nc2ccc(SNc3nccs3)cc2)n1. The molecule has 4 N–H and O–H groups in total. The van der Waals surface area contributed by atoms with E-state index in [0.29, 0.717) is 23.7 Å². The Bertz CT molecular complexity index is 1480. The second kappa shape index (κ2) is 12.7. The Morgan fingerprint density at radius 1 is 1.00 bits per heavy atom. The van der Waals surface area contributed by atoms with Gasteiger partial charge in [-0.3, -0.25) is 0 Å². The standard InChI is InChI=1S/C26H26FN7S2.C2H6/c1-15-4-9-21(27)25-24(15)20(16(2)30-25)10-11-28-22-14-23(32-17(3)31-22)33-18-5-7-19(8-6-18)36-34-26-29-12-13-35-26;1-2/h4-9,12-14,30H,10-11H2,1-3H3,(H,29,34)(H2,28,31,32,33);1-2H3. The Balaban J connectivity index is 0.00000164. The smallest absolute Gasteiger partial charge is 0.192 e. The van der Waals surface area contributed by atoms with Crippen LogP contribution < -0.4 is 15.4 Å². The van der Waals surface area contributed by atoms with Gasteiger partial charge >= 0.3 is 0 Å². The maximum atomic E-state index is 14.3. The number of nitrogens with zero attached hydrogens (tertiary/aromatic N) is 3.